The third-order valence-electron chi connectivity index (χ3n) is 3.04. The highest BCUT2D eigenvalue weighted by Crippen LogP contribution is 2.09. The van der Waals surface area contributed by atoms with Gasteiger partial charge in [0, 0.05) is 6.42 Å². The van der Waals surface area contributed by atoms with E-state index in [9.17, 15) is 13.2 Å². The van der Waals surface area contributed by atoms with Crippen LogP contribution in [-0.2, 0) is 19.6 Å². The van der Waals surface area contributed by atoms with Gasteiger partial charge >= 0.3 is 5.97 Å². The molecule has 0 fully saturated rings. The number of carbonyl (C=O) groups is 1. The van der Waals surface area contributed by atoms with E-state index in [4.69, 9.17) is 9.29 Å². The molecule has 0 aliphatic heterocycles. The molecule has 0 heterocycles. The second-order valence-electron chi connectivity index (χ2n) is 5.08. The molecule has 0 spiro atoms. The summed E-state index contributed by atoms with van der Waals surface area (Å²) in [6.07, 6.45) is 9.89. The SMILES string of the molecule is CCCCCCCCCCC(=O)OCCCS(=O)(=O)O. The first-order chi connectivity index (χ1) is 9.45. The van der Waals surface area contributed by atoms with Crippen molar-refractivity contribution in [3.05, 3.63) is 0 Å². The van der Waals surface area contributed by atoms with Crippen LogP contribution in [0.5, 0.6) is 0 Å². The summed E-state index contributed by atoms with van der Waals surface area (Å²) in [5.74, 6) is -0.649. The standard InChI is InChI=1S/C14H28O5S/c1-2-3-4-5-6-7-8-9-11-14(15)19-12-10-13-20(16,17)18/h2-13H2,1H3,(H,16,17,18). The van der Waals surface area contributed by atoms with Crippen molar-refractivity contribution in [1.82, 2.24) is 0 Å². The van der Waals surface area contributed by atoms with Crippen LogP contribution in [0.1, 0.15) is 71.1 Å². The molecule has 0 aliphatic rings. The minimum atomic E-state index is -3.95. The highest BCUT2D eigenvalue weighted by atomic mass is 32.2. The van der Waals surface area contributed by atoms with Crippen LogP contribution in [0.15, 0.2) is 0 Å². The Balaban J connectivity index is 3.29. The third-order valence-corrected chi connectivity index (χ3v) is 3.85. The molecule has 0 rings (SSSR count). The van der Waals surface area contributed by atoms with Crippen LogP contribution in [0.3, 0.4) is 0 Å². The Morgan fingerprint density at radius 1 is 0.950 bits per heavy atom. The maximum absolute atomic E-state index is 11.3. The van der Waals surface area contributed by atoms with Crippen LogP contribution < -0.4 is 0 Å². The van der Waals surface area contributed by atoms with E-state index in [2.05, 4.69) is 6.92 Å². The number of carbonyl (C=O) groups excluding carboxylic acids is 1. The van der Waals surface area contributed by atoms with Gasteiger partial charge in [-0.15, -0.1) is 0 Å². The van der Waals surface area contributed by atoms with Crippen LogP contribution in [0.25, 0.3) is 0 Å². The predicted molar refractivity (Wildman–Crippen MR) is 79.2 cm³/mol. The van der Waals surface area contributed by atoms with Crippen molar-refractivity contribution < 1.29 is 22.5 Å². The van der Waals surface area contributed by atoms with Gasteiger partial charge in [-0.3, -0.25) is 9.35 Å². The van der Waals surface area contributed by atoms with E-state index in [1.807, 2.05) is 0 Å². The lowest BCUT2D eigenvalue weighted by Crippen LogP contribution is -2.10. The molecule has 0 aromatic heterocycles. The first-order valence-electron chi connectivity index (χ1n) is 7.56. The molecule has 0 amide bonds. The largest absolute Gasteiger partial charge is 0.466 e. The van der Waals surface area contributed by atoms with E-state index in [-0.39, 0.29) is 24.7 Å². The zero-order chi connectivity index (χ0) is 15.3. The van der Waals surface area contributed by atoms with Crippen LogP contribution in [-0.4, -0.2) is 31.3 Å². The number of esters is 1. The summed E-state index contributed by atoms with van der Waals surface area (Å²) in [6, 6.07) is 0. The first-order valence-corrected chi connectivity index (χ1v) is 9.17. The van der Waals surface area contributed by atoms with Gasteiger partial charge in [0.15, 0.2) is 0 Å². The lowest BCUT2D eigenvalue weighted by molar-refractivity contribution is -0.143. The Bertz CT molecular complexity index is 337. The number of unbranched alkanes of at least 4 members (excludes halogenated alkanes) is 7. The molecule has 1 N–H and O–H groups in total. The molecule has 0 aromatic rings. The summed E-state index contributed by atoms with van der Waals surface area (Å²) in [5, 5.41) is 0. The van der Waals surface area contributed by atoms with Crippen molar-refractivity contribution in [2.75, 3.05) is 12.4 Å². The fourth-order valence-electron chi connectivity index (χ4n) is 1.90. The van der Waals surface area contributed by atoms with E-state index in [0.29, 0.717) is 6.42 Å². The molecule has 6 heteroatoms. The molecule has 0 radical (unpaired) electrons. The summed E-state index contributed by atoms with van der Waals surface area (Å²) in [6.45, 7) is 2.25. The van der Waals surface area contributed by atoms with Crippen molar-refractivity contribution in [2.45, 2.75) is 71.1 Å². The average Bonchev–Trinajstić information content (AvgIpc) is 2.37. The summed E-state index contributed by atoms with van der Waals surface area (Å²) in [5.41, 5.74) is 0. The summed E-state index contributed by atoms with van der Waals surface area (Å²) >= 11 is 0. The minimum Gasteiger partial charge on any atom is -0.466 e. The van der Waals surface area contributed by atoms with Crippen LogP contribution in [0.4, 0.5) is 0 Å². The highest BCUT2D eigenvalue weighted by Gasteiger charge is 2.06. The Labute approximate surface area is 122 Å². The predicted octanol–water partition coefficient (Wildman–Crippen LogP) is 3.34. The Morgan fingerprint density at radius 3 is 2.05 bits per heavy atom. The van der Waals surface area contributed by atoms with Crippen molar-refractivity contribution in [3.63, 3.8) is 0 Å². The first kappa shape index (κ1) is 19.4. The topological polar surface area (TPSA) is 80.7 Å². The number of rotatable bonds is 13. The van der Waals surface area contributed by atoms with Crippen LogP contribution >= 0.6 is 0 Å². The number of hydrogen-bond donors (Lipinski definition) is 1. The zero-order valence-electron chi connectivity index (χ0n) is 12.5. The molecule has 120 valence electrons. The molecule has 20 heavy (non-hydrogen) atoms. The van der Waals surface area contributed by atoms with Gasteiger partial charge in [-0.25, -0.2) is 0 Å². The summed E-state index contributed by atoms with van der Waals surface area (Å²) in [7, 11) is -3.95. The molecule has 0 unspecified atom stereocenters. The second kappa shape index (κ2) is 12.1. The van der Waals surface area contributed by atoms with Gasteiger partial charge in [0.25, 0.3) is 10.1 Å². The van der Waals surface area contributed by atoms with Gasteiger partial charge in [-0.2, -0.15) is 8.42 Å². The molecular formula is C14H28O5S. The Morgan fingerprint density at radius 2 is 1.50 bits per heavy atom. The van der Waals surface area contributed by atoms with Crippen molar-refractivity contribution >= 4 is 16.1 Å². The van der Waals surface area contributed by atoms with Crippen LogP contribution in [0.2, 0.25) is 0 Å². The fourth-order valence-corrected chi connectivity index (χ4v) is 2.39. The molecule has 0 aliphatic carbocycles. The maximum Gasteiger partial charge on any atom is 0.305 e. The van der Waals surface area contributed by atoms with Gasteiger partial charge in [0.05, 0.1) is 12.4 Å². The van der Waals surface area contributed by atoms with Gasteiger partial charge < -0.3 is 4.74 Å². The van der Waals surface area contributed by atoms with Crippen molar-refractivity contribution in [2.24, 2.45) is 0 Å². The molecule has 0 saturated carbocycles. The molecule has 5 nitrogen and oxygen atoms in total. The van der Waals surface area contributed by atoms with E-state index in [1.165, 1.54) is 32.1 Å². The van der Waals surface area contributed by atoms with Gasteiger partial charge in [-0.1, -0.05) is 51.9 Å². The molecule has 0 atom stereocenters. The number of hydrogen-bond acceptors (Lipinski definition) is 4. The van der Waals surface area contributed by atoms with E-state index in [0.717, 1.165) is 19.3 Å². The summed E-state index contributed by atoms with van der Waals surface area (Å²) < 4.78 is 34.2. The highest BCUT2D eigenvalue weighted by molar-refractivity contribution is 7.85. The molecule has 0 saturated heterocycles. The van der Waals surface area contributed by atoms with E-state index < -0.39 is 10.1 Å². The lowest BCUT2D eigenvalue weighted by Gasteiger charge is -2.04. The Kier molecular flexibility index (Phi) is 11.8. The normalized spacial score (nSPS) is 11.5. The fraction of sp³-hybridized carbons (Fsp3) is 0.929. The van der Waals surface area contributed by atoms with Gasteiger partial charge in [-0.05, 0) is 12.8 Å². The smallest absolute Gasteiger partial charge is 0.305 e. The van der Waals surface area contributed by atoms with E-state index in [1.54, 1.807) is 0 Å². The second-order valence-corrected chi connectivity index (χ2v) is 6.66. The average molecular weight is 308 g/mol. The monoisotopic (exact) mass is 308 g/mol. The number of ether oxygens (including phenoxy) is 1. The van der Waals surface area contributed by atoms with E-state index >= 15 is 0 Å². The minimum absolute atomic E-state index is 0.0512. The van der Waals surface area contributed by atoms with Crippen LogP contribution in [0, 0.1) is 0 Å². The Hall–Kier alpha value is -0.620. The summed E-state index contributed by atoms with van der Waals surface area (Å²) in [4.78, 5) is 11.3. The van der Waals surface area contributed by atoms with Crippen molar-refractivity contribution in [1.29, 1.82) is 0 Å². The molecule has 0 bridgehead atoms. The molecule has 0 aromatic carbocycles. The van der Waals surface area contributed by atoms with Crippen molar-refractivity contribution in [3.8, 4) is 0 Å². The maximum atomic E-state index is 11.3. The zero-order valence-corrected chi connectivity index (χ0v) is 13.3. The quantitative estimate of drug-likeness (QED) is 0.320. The van der Waals surface area contributed by atoms with Gasteiger partial charge in [0.1, 0.15) is 0 Å². The molecular weight excluding hydrogens is 280 g/mol. The third kappa shape index (κ3) is 15.4. The lowest BCUT2D eigenvalue weighted by atomic mass is 10.1. The van der Waals surface area contributed by atoms with Gasteiger partial charge in [0.2, 0.25) is 0 Å².